The average Bonchev–Trinajstić information content (AvgIpc) is 2.75. The molecular formula is C23H13BrCl3IN2O2. The molecular weight excluding hydrogens is 649 g/mol. The molecule has 0 saturated heterocycles. The summed E-state index contributed by atoms with van der Waals surface area (Å²) in [5.74, 6) is 0.124. The number of halogens is 5. The van der Waals surface area contributed by atoms with Crippen molar-refractivity contribution in [2.75, 3.05) is 5.32 Å². The van der Waals surface area contributed by atoms with E-state index < -0.39 is 5.91 Å². The smallest absolute Gasteiger partial charge is 0.266 e. The van der Waals surface area contributed by atoms with Gasteiger partial charge in [-0.1, -0.05) is 40.9 Å². The number of nitrogens with one attached hydrogen (secondary N) is 1. The SMILES string of the molecule is N#C/C(=C/c1cc(Br)c(OCc2ccc(Cl)c(Cl)c2)c(I)c1)C(=O)Nc1ccc(Cl)cc1. The van der Waals surface area contributed by atoms with E-state index in [-0.39, 0.29) is 5.57 Å². The fraction of sp³-hybridized carbons (Fsp3) is 0.0435. The number of ether oxygens (including phenoxy) is 1. The van der Waals surface area contributed by atoms with E-state index >= 15 is 0 Å². The van der Waals surface area contributed by atoms with Crippen LogP contribution in [-0.2, 0) is 11.4 Å². The Morgan fingerprint density at radius 1 is 1.09 bits per heavy atom. The number of benzene rings is 3. The molecule has 1 amide bonds. The largest absolute Gasteiger partial charge is 0.487 e. The van der Waals surface area contributed by atoms with Crippen LogP contribution in [0, 0.1) is 14.9 Å². The molecule has 0 aliphatic heterocycles. The molecule has 0 saturated carbocycles. The molecule has 0 heterocycles. The van der Waals surface area contributed by atoms with Gasteiger partial charge in [0.25, 0.3) is 5.91 Å². The molecule has 0 spiro atoms. The lowest BCUT2D eigenvalue weighted by atomic mass is 10.1. The zero-order valence-corrected chi connectivity index (χ0v) is 22.1. The molecule has 0 aliphatic rings. The maximum Gasteiger partial charge on any atom is 0.266 e. The highest BCUT2D eigenvalue weighted by atomic mass is 127. The highest BCUT2D eigenvalue weighted by Crippen LogP contribution is 2.34. The average molecular weight is 663 g/mol. The van der Waals surface area contributed by atoms with Gasteiger partial charge in [-0.25, -0.2) is 0 Å². The Bertz CT molecular complexity index is 1220. The molecule has 3 aromatic carbocycles. The molecule has 0 fully saturated rings. The predicted octanol–water partition coefficient (Wildman–Crippen LogP) is 8.14. The molecule has 3 aromatic rings. The molecule has 9 heteroatoms. The molecule has 162 valence electrons. The van der Waals surface area contributed by atoms with Gasteiger partial charge in [0.2, 0.25) is 0 Å². The van der Waals surface area contributed by atoms with E-state index in [4.69, 9.17) is 39.5 Å². The van der Waals surface area contributed by atoms with Crippen molar-refractivity contribution in [1.82, 2.24) is 0 Å². The summed E-state index contributed by atoms with van der Waals surface area (Å²) in [4.78, 5) is 12.5. The Balaban J connectivity index is 1.76. The van der Waals surface area contributed by atoms with Crippen LogP contribution in [0.5, 0.6) is 5.75 Å². The molecule has 32 heavy (non-hydrogen) atoms. The highest BCUT2D eigenvalue weighted by molar-refractivity contribution is 14.1. The van der Waals surface area contributed by atoms with Gasteiger partial charge in [0.15, 0.2) is 0 Å². The summed E-state index contributed by atoms with van der Waals surface area (Å²) in [6, 6.07) is 17.5. The standard InChI is InChI=1S/C23H13BrCl3IN2O2/c24-18-8-14(7-15(11-29)23(31)30-17-4-2-16(25)3-5-17)10-21(28)22(18)32-12-13-1-6-19(26)20(27)9-13/h1-10H,12H2,(H,30,31)/b15-7-. The minimum absolute atomic E-state index is 0.0351. The summed E-state index contributed by atoms with van der Waals surface area (Å²) in [6.07, 6.45) is 1.51. The van der Waals surface area contributed by atoms with Gasteiger partial charge in [0.1, 0.15) is 24.0 Å². The molecule has 0 atom stereocenters. The van der Waals surface area contributed by atoms with Crippen molar-refractivity contribution in [3.63, 3.8) is 0 Å². The molecule has 0 unspecified atom stereocenters. The summed E-state index contributed by atoms with van der Waals surface area (Å²) in [5.41, 5.74) is 2.05. The Morgan fingerprint density at radius 3 is 2.44 bits per heavy atom. The number of hydrogen-bond acceptors (Lipinski definition) is 3. The van der Waals surface area contributed by atoms with Crippen molar-refractivity contribution in [1.29, 1.82) is 5.26 Å². The van der Waals surface area contributed by atoms with Crippen LogP contribution < -0.4 is 10.1 Å². The van der Waals surface area contributed by atoms with Crippen molar-refractivity contribution in [3.05, 3.63) is 94.4 Å². The summed E-state index contributed by atoms with van der Waals surface area (Å²) < 4.78 is 7.43. The van der Waals surface area contributed by atoms with E-state index in [9.17, 15) is 10.1 Å². The first-order chi connectivity index (χ1) is 15.3. The fourth-order valence-corrected chi connectivity index (χ4v) is 4.85. The van der Waals surface area contributed by atoms with E-state index in [1.165, 1.54) is 6.08 Å². The summed E-state index contributed by atoms with van der Waals surface area (Å²) in [5, 5.41) is 13.6. The molecule has 0 aliphatic carbocycles. The van der Waals surface area contributed by atoms with Crippen molar-refractivity contribution < 1.29 is 9.53 Å². The van der Waals surface area contributed by atoms with Gasteiger partial charge in [-0.3, -0.25) is 4.79 Å². The third-order valence-corrected chi connectivity index (χ3v) is 6.55. The number of nitriles is 1. The van der Waals surface area contributed by atoms with Crippen LogP contribution in [-0.4, -0.2) is 5.91 Å². The first kappa shape index (κ1) is 24.9. The van der Waals surface area contributed by atoms with Crippen LogP contribution in [0.1, 0.15) is 11.1 Å². The fourth-order valence-electron chi connectivity index (χ4n) is 2.63. The molecule has 3 rings (SSSR count). The predicted molar refractivity (Wildman–Crippen MR) is 141 cm³/mol. The quantitative estimate of drug-likeness (QED) is 0.165. The van der Waals surface area contributed by atoms with Crippen LogP contribution in [0.4, 0.5) is 5.69 Å². The van der Waals surface area contributed by atoms with Gasteiger partial charge in [0.05, 0.1) is 18.1 Å². The Hall–Kier alpha value is -1.76. The number of nitrogens with zero attached hydrogens (tertiary/aromatic N) is 1. The molecule has 0 bridgehead atoms. The van der Waals surface area contributed by atoms with Crippen LogP contribution in [0.15, 0.2) is 64.6 Å². The highest BCUT2D eigenvalue weighted by Gasteiger charge is 2.13. The number of carbonyl (C=O) groups excluding carboxylic acids is 1. The van der Waals surface area contributed by atoms with E-state index in [1.54, 1.807) is 42.5 Å². The normalized spacial score (nSPS) is 11.1. The molecule has 0 aromatic heterocycles. The minimum Gasteiger partial charge on any atom is -0.487 e. The Kier molecular flexibility index (Phi) is 8.86. The van der Waals surface area contributed by atoms with Crippen LogP contribution >= 0.6 is 73.3 Å². The lowest BCUT2D eigenvalue weighted by molar-refractivity contribution is -0.112. The van der Waals surface area contributed by atoms with Crippen LogP contribution in [0.2, 0.25) is 15.1 Å². The monoisotopic (exact) mass is 660 g/mol. The zero-order chi connectivity index (χ0) is 23.3. The summed E-state index contributed by atoms with van der Waals surface area (Å²) >= 11 is 23.5. The van der Waals surface area contributed by atoms with E-state index in [0.717, 1.165) is 9.13 Å². The maximum absolute atomic E-state index is 12.5. The first-order valence-electron chi connectivity index (χ1n) is 9.01. The Labute approximate surface area is 222 Å². The number of anilines is 1. The minimum atomic E-state index is -0.513. The second-order valence-electron chi connectivity index (χ2n) is 6.48. The van der Waals surface area contributed by atoms with Crippen molar-refractivity contribution in [2.45, 2.75) is 6.61 Å². The van der Waals surface area contributed by atoms with Crippen LogP contribution in [0.3, 0.4) is 0 Å². The second kappa shape index (κ2) is 11.4. The van der Waals surface area contributed by atoms with Crippen molar-refractivity contribution in [3.8, 4) is 11.8 Å². The van der Waals surface area contributed by atoms with Crippen molar-refractivity contribution in [2.24, 2.45) is 0 Å². The molecule has 1 N–H and O–H groups in total. The zero-order valence-electron chi connectivity index (χ0n) is 16.1. The molecule has 4 nitrogen and oxygen atoms in total. The van der Waals surface area contributed by atoms with Gasteiger partial charge >= 0.3 is 0 Å². The van der Waals surface area contributed by atoms with Gasteiger partial charge in [-0.2, -0.15) is 5.26 Å². The third-order valence-electron chi connectivity index (χ3n) is 4.17. The molecule has 0 radical (unpaired) electrons. The maximum atomic E-state index is 12.5. The second-order valence-corrected chi connectivity index (χ2v) is 9.75. The van der Waals surface area contributed by atoms with Crippen LogP contribution in [0.25, 0.3) is 6.08 Å². The topological polar surface area (TPSA) is 62.1 Å². The van der Waals surface area contributed by atoms with E-state index in [0.29, 0.717) is 43.1 Å². The number of amides is 1. The lowest BCUT2D eigenvalue weighted by Crippen LogP contribution is -2.13. The Morgan fingerprint density at radius 2 is 1.81 bits per heavy atom. The number of carbonyl (C=O) groups is 1. The van der Waals surface area contributed by atoms with Crippen molar-refractivity contribution >= 4 is 91.0 Å². The lowest BCUT2D eigenvalue weighted by Gasteiger charge is -2.12. The summed E-state index contributed by atoms with van der Waals surface area (Å²) in [6.45, 7) is 0.299. The van der Waals surface area contributed by atoms with Gasteiger partial charge in [-0.05, 0) is 104 Å². The number of rotatable bonds is 6. The summed E-state index contributed by atoms with van der Waals surface area (Å²) in [7, 11) is 0. The van der Waals surface area contributed by atoms with Gasteiger partial charge in [-0.15, -0.1) is 0 Å². The third kappa shape index (κ3) is 6.63. The van der Waals surface area contributed by atoms with Gasteiger partial charge in [0, 0.05) is 10.7 Å². The van der Waals surface area contributed by atoms with E-state index in [2.05, 4.69) is 43.8 Å². The first-order valence-corrected chi connectivity index (χ1v) is 12.0. The number of hydrogen-bond donors (Lipinski definition) is 1. The van der Waals surface area contributed by atoms with E-state index in [1.807, 2.05) is 18.2 Å². The van der Waals surface area contributed by atoms with Gasteiger partial charge < -0.3 is 10.1 Å².